The summed E-state index contributed by atoms with van der Waals surface area (Å²) < 4.78 is 41.0. The Morgan fingerprint density at radius 2 is 1.66 bits per heavy atom. The van der Waals surface area contributed by atoms with Gasteiger partial charge in [-0.25, -0.2) is 12.8 Å². The molecule has 10 heteroatoms. The van der Waals surface area contributed by atoms with Crippen LogP contribution in [0.2, 0.25) is 5.02 Å². The van der Waals surface area contributed by atoms with E-state index in [9.17, 15) is 22.4 Å². The smallest absolute Gasteiger partial charge is 0.243 e. The average Bonchev–Trinajstić information content (AvgIpc) is 2.92. The van der Waals surface area contributed by atoms with E-state index in [-0.39, 0.29) is 55.6 Å². The Morgan fingerprint density at radius 3 is 2.29 bits per heavy atom. The molecule has 0 spiro atoms. The fourth-order valence-electron chi connectivity index (χ4n) is 4.42. The zero-order valence-corrected chi connectivity index (χ0v) is 25.2. The lowest BCUT2D eigenvalue weighted by atomic mass is 10.0. The normalized spacial score (nSPS) is 12.1. The number of nitrogens with one attached hydrogen (secondary N) is 1. The molecule has 0 heterocycles. The summed E-state index contributed by atoms with van der Waals surface area (Å²) in [7, 11) is -3.66. The van der Waals surface area contributed by atoms with Gasteiger partial charge in [-0.3, -0.25) is 13.9 Å². The van der Waals surface area contributed by atoms with E-state index in [4.69, 9.17) is 11.6 Å². The number of hydrogen-bond acceptors (Lipinski definition) is 4. The highest BCUT2D eigenvalue weighted by Crippen LogP contribution is 2.23. The third-order valence-corrected chi connectivity index (χ3v) is 7.93. The Bertz CT molecular complexity index is 1420. The number of halogens is 2. The number of carbonyl (C=O) groups excluding carboxylic acids is 2. The molecule has 1 atom stereocenters. The van der Waals surface area contributed by atoms with Crippen LogP contribution in [-0.4, -0.2) is 50.5 Å². The molecule has 0 aliphatic carbocycles. The monoisotopic (exact) mass is 601 g/mol. The molecule has 3 aromatic carbocycles. The number of benzene rings is 3. The Hall–Kier alpha value is -3.43. The number of amides is 2. The van der Waals surface area contributed by atoms with Crippen molar-refractivity contribution in [2.45, 2.75) is 45.7 Å². The zero-order chi connectivity index (χ0) is 30.0. The van der Waals surface area contributed by atoms with Crippen molar-refractivity contribution in [3.63, 3.8) is 0 Å². The topological polar surface area (TPSA) is 86.8 Å². The summed E-state index contributed by atoms with van der Waals surface area (Å²) in [6.45, 7) is 4.29. The summed E-state index contributed by atoms with van der Waals surface area (Å²) in [6, 6.07) is 21.1. The predicted molar refractivity (Wildman–Crippen MR) is 162 cm³/mol. The maximum absolute atomic E-state index is 14.7. The number of nitrogens with zero attached hydrogens (tertiary/aromatic N) is 2. The van der Waals surface area contributed by atoms with Gasteiger partial charge in [-0.2, -0.15) is 0 Å². The molecule has 3 aromatic rings. The first-order chi connectivity index (χ1) is 19.5. The average molecular weight is 602 g/mol. The number of anilines is 1. The van der Waals surface area contributed by atoms with E-state index in [2.05, 4.69) is 5.32 Å². The SMILES string of the molecule is CC(C)CNC(=O)[C@H](Cc1ccccc1)N(Cc1ccccc1F)C(=O)CCCN(c1cccc(Cl)c1)S(C)(=O)=O. The van der Waals surface area contributed by atoms with Crippen molar-refractivity contribution in [2.75, 3.05) is 23.7 Å². The van der Waals surface area contributed by atoms with Gasteiger partial charge < -0.3 is 10.2 Å². The second-order valence-corrected chi connectivity index (χ2v) is 12.7. The molecule has 0 fully saturated rings. The molecule has 0 saturated heterocycles. The lowest BCUT2D eigenvalue weighted by Crippen LogP contribution is -2.51. The molecule has 2 amide bonds. The van der Waals surface area contributed by atoms with Crippen molar-refractivity contribution in [1.82, 2.24) is 10.2 Å². The number of sulfonamides is 1. The summed E-state index contributed by atoms with van der Waals surface area (Å²) in [4.78, 5) is 28.7. The van der Waals surface area contributed by atoms with Crippen molar-refractivity contribution in [3.05, 3.63) is 101 Å². The van der Waals surface area contributed by atoms with Crippen LogP contribution in [0.25, 0.3) is 0 Å². The molecule has 220 valence electrons. The lowest BCUT2D eigenvalue weighted by Gasteiger charge is -2.32. The van der Waals surface area contributed by atoms with Gasteiger partial charge in [0.1, 0.15) is 11.9 Å². The molecule has 0 saturated carbocycles. The van der Waals surface area contributed by atoms with E-state index in [0.29, 0.717) is 17.3 Å². The van der Waals surface area contributed by atoms with Crippen molar-refractivity contribution in [1.29, 1.82) is 0 Å². The number of rotatable bonds is 14. The molecule has 0 radical (unpaired) electrons. The molecule has 0 aromatic heterocycles. The number of hydrogen-bond donors (Lipinski definition) is 1. The van der Waals surface area contributed by atoms with E-state index in [0.717, 1.165) is 11.8 Å². The van der Waals surface area contributed by atoms with E-state index >= 15 is 0 Å². The minimum absolute atomic E-state index is 0.0291. The van der Waals surface area contributed by atoms with E-state index in [1.54, 1.807) is 42.5 Å². The summed E-state index contributed by atoms with van der Waals surface area (Å²) in [5, 5.41) is 3.32. The summed E-state index contributed by atoms with van der Waals surface area (Å²) in [6.07, 6.45) is 1.46. The first-order valence-electron chi connectivity index (χ1n) is 13.5. The van der Waals surface area contributed by atoms with Crippen molar-refractivity contribution >= 4 is 39.1 Å². The van der Waals surface area contributed by atoms with Crippen LogP contribution in [0.5, 0.6) is 0 Å². The van der Waals surface area contributed by atoms with Crippen LogP contribution in [0.1, 0.15) is 37.8 Å². The highest BCUT2D eigenvalue weighted by molar-refractivity contribution is 7.92. The van der Waals surface area contributed by atoms with Crippen LogP contribution in [0.4, 0.5) is 10.1 Å². The molecule has 1 N–H and O–H groups in total. The van der Waals surface area contributed by atoms with Gasteiger partial charge in [-0.05, 0) is 42.2 Å². The van der Waals surface area contributed by atoms with Gasteiger partial charge in [0.05, 0.1) is 11.9 Å². The Kier molecular flexibility index (Phi) is 11.7. The van der Waals surface area contributed by atoms with Gasteiger partial charge in [-0.15, -0.1) is 0 Å². The van der Waals surface area contributed by atoms with Gasteiger partial charge in [0.15, 0.2) is 0 Å². The quantitative estimate of drug-likeness (QED) is 0.267. The third-order valence-electron chi connectivity index (χ3n) is 6.50. The van der Waals surface area contributed by atoms with Crippen LogP contribution in [0.15, 0.2) is 78.9 Å². The molecular formula is C31H37ClFN3O4S. The van der Waals surface area contributed by atoms with Gasteiger partial charge in [0, 0.05) is 43.1 Å². The first kappa shape index (κ1) is 32.1. The highest BCUT2D eigenvalue weighted by atomic mass is 35.5. The molecule has 0 bridgehead atoms. The predicted octanol–water partition coefficient (Wildman–Crippen LogP) is 5.44. The van der Waals surface area contributed by atoms with Crippen molar-refractivity contribution < 1.29 is 22.4 Å². The second kappa shape index (κ2) is 15.0. The molecule has 0 unspecified atom stereocenters. The molecule has 0 aliphatic heterocycles. The largest absolute Gasteiger partial charge is 0.354 e. The molecule has 7 nitrogen and oxygen atoms in total. The van der Waals surface area contributed by atoms with E-state index in [1.165, 1.54) is 15.3 Å². The summed E-state index contributed by atoms with van der Waals surface area (Å²) in [5.74, 6) is -0.992. The third kappa shape index (κ3) is 9.86. The van der Waals surface area contributed by atoms with Crippen molar-refractivity contribution in [2.24, 2.45) is 5.92 Å². The van der Waals surface area contributed by atoms with Gasteiger partial charge >= 0.3 is 0 Å². The van der Waals surface area contributed by atoms with Crippen LogP contribution in [0.3, 0.4) is 0 Å². The van der Waals surface area contributed by atoms with Crippen molar-refractivity contribution in [3.8, 4) is 0 Å². The molecule has 3 rings (SSSR count). The molecular weight excluding hydrogens is 565 g/mol. The minimum Gasteiger partial charge on any atom is -0.354 e. The van der Waals surface area contributed by atoms with Crippen LogP contribution >= 0.6 is 11.6 Å². The molecule has 41 heavy (non-hydrogen) atoms. The van der Waals surface area contributed by atoms with Gasteiger partial charge in [0.2, 0.25) is 21.8 Å². The van der Waals surface area contributed by atoms with Crippen LogP contribution in [-0.2, 0) is 32.6 Å². The van der Waals surface area contributed by atoms with Crippen LogP contribution < -0.4 is 9.62 Å². The summed E-state index contributed by atoms with van der Waals surface area (Å²) in [5.41, 5.74) is 1.53. The van der Waals surface area contributed by atoms with Crippen LogP contribution in [0, 0.1) is 11.7 Å². The summed E-state index contributed by atoms with van der Waals surface area (Å²) >= 11 is 6.08. The second-order valence-electron chi connectivity index (χ2n) is 10.4. The Morgan fingerprint density at radius 1 is 0.976 bits per heavy atom. The Labute approximate surface area is 247 Å². The van der Waals surface area contributed by atoms with Gasteiger partial charge in [-0.1, -0.05) is 80.0 Å². The molecule has 0 aliphatic rings. The fourth-order valence-corrected chi connectivity index (χ4v) is 5.56. The maximum atomic E-state index is 14.7. The fraction of sp³-hybridized carbons (Fsp3) is 0.355. The minimum atomic E-state index is -3.66. The lowest BCUT2D eigenvalue weighted by molar-refractivity contribution is -0.141. The van der Waals surface area contributed by atoms with E-state index < -0.39 is 21.9 Å². The zero-order valence-electron chi connectivity index (χ0n) is 23.6. The van der Waals surface area contributed by atoms with Gasteiger partial charge in [0.25, 0.3) is 0 Å². The Balaban J connectivity index is 1.89. The maximum Gasteiger partial charge on any atom is 0.243 e. The highest BCUT2D eigenvalue weighted by Gasteiger charge is 2.31. The standard InChI is InChI=1S/C31H37ClFN3O4S/c1-23(2)21-34-31(38)29(19-24-11-5-4-6-12-24)35(22-25-13-7-8-16-28(25)33)30(37)17-10-18-36(41(3,39)40)27-15-9-14-26(32)20-27/h4-9,11-16,20,23,29H,10,17-19,21-22H2,1-3H3,(H,34,38)/t29-/m0/s1. The van der Waals surface area contributed by atoms with E-state index in [1.807, 2.05) is 44.2 Å². The number of carbonyl (C=O) groups is 2. The first-order valence-corrected chi connectivity index (χ1v) is 15.8.